The Morgan fingerprint density at radius 3 is 2.59 bits per heavy atom. The van der Waals surface area contributed by atoms with Crippen molar-refractivity contribution in [1.29, 1.82) is 0 Å². The molecule has 1 aliphatic rings. The first-order chi connectivity index (χ1) is 17.7. The maximum atomic E-state index is 13.6. The van der Waals surface area contributed by atoms with E-state index in [9.17, 15) is 9.59 Å². The number of carbonyl (C=O) groups excluding carboxylic acids is 2. The van der Waals surface area contributed by atoms with Gasteiger partial charge in [0.15, 0.2) is 5.78 Å². The highest BCUT2D eigenvalue weighted by molar-refractivity contribution is 6.10. The molecule has 0 unspecified atom stereocenters. The van der Waals surface area contributed by atoms with Crippen LogP contribution in [0, 0.1) is 6.92 Å². The van der Waals surface area contributed by atoms with E-state index in [1.807, 2.05) is 62.0 Å². The van der Waals surface area contributed by atoms with E-state index in [2.05, 4.69) is 46.0 Å². The highest BCUT2D eigenvalue weighted by Gasteiger charge is 2.22. The minimum atomic E-state index is -0.196. The van der Waals surface area contributed by atoms with Crippen molar-refractivity contribution in [3.8, 4) is 16.9 Å². The Bertz CT molecular complexity index is 1570. The van der Waals surface area contributed by atoms with Gasteiger partial charge in [-0.2, -0.15) is 0 Å². The van der Waals surface area contributed by atoms with Crippen LogP contribution >= 0.6 is 0 Å². The number of rotatable bonds is 6. The number of benzene rings is 1. The standard InChI is InChI=1S/C30H31N5O2/c1-18(2)35-16-21(5)29-24(30(37)33-15-25-20(4)10-19(3)11-27(25)36)12-23(13-26(29)35)22-6-7-28(32-14-22)34-9-8-31-17-34/h6-10,12-14,16-18H,11,15H2,1-5H3,(H,33,37). The average Bonchev–Trinajstić information content (AvgIpc) is 3.51. The van der Waals surface area contributed by atoms with Gasteiger partial charge in [0, 0.05) is 71.4 Å². The number of hydrogen-bond donors (Lipinski definition) is 1. The summed E-state index contributed by atoms with van der Waals surface area (Å²) in [5.41, 5.74) is 7.08. The summed E-state index contributed by atoms with van der Waals surface area (Å²) in [5, 5.41) is 3.95. The van der Waals surface area contributed by atoms with Crippen LogP contribution in [-0.4, -0.2) is 37.3 Å². The van der Waals surface area contributed by atoms with Crippen LogP contribution < -0.4 is 5.32 Å². The van der Waals surface area contributed by atoms with Gasteiger partial charge in [-0.05, 0) is 75.6 Å². The number of carbonyl (C=O) groups is 2. The molecule has 7 heteroatoms. The smallest absolute Gasteiger partial charge is 0.252 e. The fourth-order valence-corrected chi connectivity index (χ4v) is 5.05. The summed E-state index contributed by atoms with van der Waals surface area (Å²) in [6.45, 7) is 10.4. The molecule has 1 aliphatic carbocycles. The molecule has 0 saturated carbocycles. The Labute approximate surface area is 216 Å². The number of allylic oxidation sites excluding steroid dienone is 3. The Balaban J connectivity index is 1.55. The molecular formula is C30H31N5O2. The lowest BCUT2D eigenvalue weighted by Gasteiger charge is -2.17. The molecule has 0 spiro atoms. The van der Waals surface area contributed by atoms with Crippen molar-refractivity contribution in [1.82, 2.24) is 24.4 Å². The number of aromatic nitrogens is 4. The average molecular weight is 494 g/mol. The maximum absolute atomic E-state index is 13.6. The monoisotopic (exact) mass is 493 g/mol. The number of aryl methyl sites for hydroxylation is 1. The van der Waals surface area contributed by atoms with E-state index in [0.717, 1.165) is 44.6 Å². The van der Waals surface area contributed by atoms with Crippen LogP contribution in [-0.2, 0) is 4.79 Å². The van der Waals surface area contributed by atoms with Crippen molar-refractivity contribution in [3.05, 3.63) is 89.3 Å². The van der Waals surface area contributed by atoms with Crippen LogP contribution in [0.5, 0.6) is 0 Å². The first-order valence-electron chi connectivity index (χ1n) is 12.5. The molecular weight excluding hydrogens is 462 g/mol. The van der Waals surface area contributed by atoms with E-state index >= 15 is 0 Å². The SMILES string of the molecule is CC1=CC(C)=C(CNC(=O)c2cc(-c3ccc(-n4ccnc4)nc3)cc3c2c(C)cn3C(C)C)C(=O)C1. The molecule has 3 aromatic heterocycles. The highest BCUT2D eigenvalue weighted by atomic mass is 16.2. The predicted octanol–water partition coefficient (Wildman–Crippen LogP) is 5.74. The van der Waals surface area contributed by atoms with Crippen molar-refractivity contribution in [2.24, 2.45) is 0 Å². The third kappa shape index (κ3) is 4.65. The normalized spacial score (nSPS) is 14.0. The fourth-order valence-electron chi connectivity index (χ4n) is 5.05. The second-order valence-electron chi connectivity index (χ2n) is 10.0. The lowest BCUT2D eigenvalue weighted by Crippen LogP contribution is -2.29. The third-order valence-corrected chi connectivity index (χ3v) is 6.91. The van der Waals surface area contributed by atoms with Gasteiger partial charge in [-0.1, -0.05) is 11.6 Å². The highest BCUT2D eigenvalue weighted by Crippen LogP contribution is 2.33. The maximum Gasteiger partial charge on any atom is 0.252 e. The number of nitrogens with one attached hydrogen (secondary N) is 1. The van der Waals surface area contributed by atoms with Crippen molar-refractivity contribution in [2.45, 2.75) is 47.1 Å². The lowest BCUT2D eigenvalue weighted by atomic mass is 9.92. The summed E-state index contributed by atoms with van der Waals surface area (Å²) in [6.07, 6.45) is 11.6. The van der Waals surface area contributed by atoms with Gasteiger partial charge >= 0.3 is 0 Å². The minimum absolute atomic E-state index is 0.0721. The second-order valence-corrected chi connectivity index (χ2v) is 10.0. The molecule has 0 fully saturated rings. The third-order valence-electron chi connectivity index (χ3n) is 6.91. The van der Waals surface area contributed by atoms with Crippen LogP contribution in [0.25, 0.3) is 27.8 Å². The molecule has 0 aliphatic heterocycles. The summed E-state index contributed by atoms with van der Waals surface area (Å²) < 4.78 is 4.04. The largest absolute Gasteiger partial charge is 0.348 e. The number of fused-ring (bicyclic) bond motifs is 1. The molecule has 0 atom stereocenters. The summed E-state index contributed by atoms with van der Waals surface area (Å²) in [5.74, 6) is 0.647. The quantitative estimate of drug-likeness (QED) is 0.371. The van der Waals surface area contributed by atoms with E-state index in [4.69, 9.17) is 0 Å². The van der Waals surface area contributed by atoms with Crippen LogP contribution in [0.2, 0.25) is 0 Å². The molecule has 5 rings (SSSR count). The minimum Gasteiger partial charge on any atom is -0.348 e. The summed E-state index contributed by atoms with van der Waals surface area (Å²) in [7, 11) is 0. The first-order valence-corrected chi connectivity index (χ1v) is 12.5. The fraction of sp³-hybridized carbons (Fsp3) is 0.267. The summed E-state index contributed by atoms with van der Waals surface area (Å²) in [4.78, 5) is 34.9. The van der Waals surface area contributed by atoms with Gasteiger partial charge in [0.05, 0.1) is 0 Å². The van der Waals surface area contributed by atoms with Crippen molar-refractivity contribution < 1.29 is 9.59 Å². The number of pyridine rings is 1. The molecule has 1 amide bonds. The zero-order valence-corrected chi connectivity index (χ0v) is 21.9. The molecule has 0 radical (unpaired) electrons. The van der Waals surface area contributed by atoms with Crippen LogP contribution in [0.4, 0.5) is 0 Å². The molecule has 1 N–H and O–H groups in total. The number of amides is 1. The Kier molecular flexibility index (Phi) is 6.38. The molecule has 3 heterocycles. The zero-order valence-electron chi connectivity index (χ0n) is 21.9. The van der Waals surface area contributed by atoms with E-state index in [1.54, 1.807) is 12.5 Å². The first kappa shape index (κ1) is 24.4. The Hall–Kier alpha value is -4.26. The molecule has 4 aromatic rings. The Morgan fingerprint density at radius 2 is 1.95 bits per heavy atom. The zero-order chi connectivity index (χ0) is 26.3. The van der Waals surface area contributed by atoms with E-state index in [0.29, 0.717) is 17.6 Å². The van der Waals surface area contributed by atoms with Crippen molar-refractivity contribution >= 4 is 22.6 Å². The Morgan fingerprint density at radius 1 is 1.14 bits per heavy atom. The number of hydrogen-bond acceptors (Lipinski definition) is 4. The number of imidazole rings is 1. The van der Waals surface area contributed by atoms with E-state index in [-0.39, 0.29) is 24.3 Å². The topological polar surface area (TPSA) is 81.8 Å². The predicted molar refractivity (Wildman–Crippen MR) is 146 cm³/mol. The van der Waals surface area contributed by atoms with Gasteiger partial charge in [-0.25, -0.2) is 9.97 Å². The van der Waals surface area contributed by atoms with E-state index in [1.165, 1.54) is 0 Å². The van der Waals surface area contributed by atoms with Crippen LogP contribution in [0.15, 0.2) is 78.2 Å². The lowest BCUT2D eigenvalue weighted by molar-refractivity contribution is -0.115. The van der Waals surface area contributed by atoms with Gasteiger partial charge in [-0.3, -0.25) is 14.2 Å². The summed E-state index contributed by atoms with van der Waals surface area (Å²) in [6, 6.07) is 8.22. The van der Waals surface area contributed by atoms with Gasteiger partial charge in [0.1, 0.15) is 12.1 Å². The molecule has 37 heavy (non-hydrogen) atoms. The number of Topliss-reactive ketones (excluding diaryl/α,β-unsaturated/α-hetero) is 1. The number of ketones is 1. The molecule has 188 valence electrons. The molecule has 0 saturated heterocycles. The molecule has 1 aromatic carbocycles. The van der Waals surface area contributed by atoms with Gasteiger partial charge in [-0.15, -0.1) is 0 Å². The van der Waals surface area contributed by atoms with Crippen molar-refractivity contribution in [3.63, 3.8) is 0 Å². The van der Waals surface area contributed by atoms with Gasteiger partial charge < -0.3 is 9.88 Å². The second kappa shape index (κ2) is 9.65. The van der Waals surface area contributed by atoms with Gasteiger partial charge in [0.2, 0.25) is 0 Å². The molecule has 7 nitrogen and oxygen atoms in total. The van der Waals surface area contributed by atoms with E-state index < -0.39 is 0 Å². The van der Waals surface area contributed by atoms with Crippen LogP contribution in [0.3, 0.4) is 0 Å². The van der Waals surface area contributed by atoms with Crippen LogP contribution in [0.1, 0.15) is 56.1 Å². The van der Waals surface area contributed by atoms with Gasteiger partial charge in [0.25, 0.3) is 5.91 Å². The van der Waals surface area contributed by atoms with Crippen molar-refractivity contribution in [2.75, 3.05) is 6.54 Å². The number of nitrogens with zero attached hydrogens (tertiary/aromatic N) is 4. The molecule has 0 bridgehead atoms. The summed E-state index contributed by atoms with van der Waals surface area (Å²) >= 11 is 0.